The van der Waals surface area contributed by atoms with Crippen LogP contribution >= 0.6 is 0 Å². The third kappa shape index (κ3) is 8.71. The fraction of sp³-hybridized carbons (Fsp3) is 0.212. The maximum absolute atomic E-state index is 13.0. The number of carbonyl (C=O) groups is 3. The maximum Gasteiger partial charge on any atom is 0.408 e. The summed E-state index contributed by atoms with van der Waals surface area (Å²) in [5.41, 5.74) is 3.88. The predicted molar refractivity (Wildman–Crippen MR) is 163 cm³/mol. The lowest BCUT2D eigenvalue weighted by molar-refractivity contribution is -0.125. The molecule has 220 valence electrons. The molecule has 4 aromatic rings. The van der Waals surface area contributed by atoms with Gasteiger partial charge in [-0.1, -0.05) is 53.8 Å². The Labute approximate surface area is 249 Å². The van der Waals surface area contributed by atoms with E-state index in [1.54, 1.807) is 87.6 Å². The Morgan fingerprint density at radius 1 is 1.00 bits per heavy atom. The zero-order chi connectivity index (χ0) is 31.0. The van der Waals surface area contributed by atoms with E-state index in [0.29, 0.717) is 33.6 Å². The molecule has 3 amide bonds. The SMILES string of the molecule is Cc1ccc(O)c(-c2[nH]ncc2C#Cc2ccc(NC(=O)CNC(=O)[C@@H](NC(=O)OC(C)(C)C)c3ccccc3)cc2)c1. The van der Waals surface area contributed by atoms with Gasteiger partial charge < -0.3 is 25.8 Å². The number of phenolic OH excluding ortho intramolecular Hbond substituents is 1. The van der Waals surface area contributed by atoms with Crippen molar-refractivity contribution in [1.29, 1.82) is 0 Å². The lowest BCUT2D eigenvalue weighted by Gasteiger charge is -2.23. The molecule has 0 aliphatic carbocycles. The van der Waals surface area contributed by atoms with Gasteiger partial charge in [0.25, 0.3) is 0 Å². The van der Waals surface area contributed by atoms with Crippen molar-refractivity contribution < 1.29 is 24.2 Å². The van der Waals surface area contributed by atoms with Gasteiger partial charge in [0, 0.05) is 16.8 Å². The van der Waals surface area contributed by atoms with Gasteiger partial charge in [0.1, 0.15) is 17.4 Å². The highest BCUT2D eigenvalue weighted by Gasteiger charge is 2.26. The van der Waals surface area contributed by atoms with Crippen LogP contribution in [-0.2, 0) is 14.3 Å². The van der Waals surface area contributed by atoms with Gasteiger partial charge in [-0.05, 0) is 69.7 Å². The molecule has 4 rings (SSSR count). The zero-order valence-electron chi connectivity index (χ0n) is 24.3. The van der Waals surface area contributed by atoms with E-state index in [1.165, 1.54) is 0 Å². The second-order valence-electron chi connectivity index (χ2n) is 10.8. The second-order valence-corrected chi connectivity index (χ2v) is 10.8. The molecule has 0 aliphatic heterocycles. The lowest BCUT2D eigenvalue weighted by atomic mass is 10.0. The number of H-pyrrole nitrogens is 1. The fourth-order valence-corrected chi connectivity index (χ4v) is 4.06. The number of carbonyl (C=O) groups excluding carboxylic acids is 3. The molecule has 3 aromatic carbocycles. The summed E-state index contributed by atoms with van der Waals surface area (Å²) in [7, 11) is 0. The predicted octanol–water partition coefficient (Wildman–Crippen LogP) is 4.81. The summed E-state index contributed by atoms with van der Waals surface area (Å²) in [6.45, 7) is 6.80. The van der Waals surface area contributed by atoms with Crippen molar-refractivity contribution in [3.63, 3.8) is 0 Å². The van der Waals surface area contributed by atoms with E-state index in [2.05, 4.69) is 38.0 Å². The number of benzene rings is 3. The Kier molecular flexibility index (Phi) is 9.47. The number of nitrogens with one attached hydrogen (secondary N) is 4. The van der Waals surface area contributed by atoms with Gasteiger partial charge in [-0.2, -0.15) is 5.10 Å². The number of ether oxygens (including phenoxy) is 1. The minimum atomic E-state index is -1.05. The number of amides is 3. The summed E-state index contributed by atoms with van der Waals surface area (Å²) >= 11 is 0. The number of nitrogens with zero attached hydrogens (tertiary/aromatic N) is 1. The van der Waals surface area contributed by atoms with Crippen molar-refractivity contribution in [1.82, 2.24) is 20.8 Å². The number of rotatable bonds is 7. The molecular formula is C33H33N5O5. The van der Waals surface area contributed by atoms with Crippen molar-refractivity contribution >= 4 is 23.6 Å². The van der Waals surface area contributed by atoms with Crippen molar-refractivity contribution in [2.45, 2.75) is 39.3 Å². The fourth-order valence-electron chi connectivity index (χ4n) is 4.06. The molecule has 43 heavy (non-hydrogen) atoms. The third-order valence-electron chi connectivity index (χ3n) is 6.05. The van der Waals surface area contributed by atoms with Crippen molar-refractivity contribution in [3.8, 4) is 28.8 Å². The zero-order valence-corrected chi connectivity index (χ0v) is 24.3. The summed E-state index contributed by atoms with van der Waals surface area (Å²) in [5.74, 6) is 5.25. The van der Waals surface area contributed by atoms with Crippen LogP contribution < -0.4 is 16.0 Å². The molecule has 0 saturated carbocycles. The van der Waals surface area contributed by atoms with Gasteiger partial charge >= 0.3 is 6.09 Å². The largest absolute Gasteiger partial charge is 0.507 e. The smallest absolute Gasteiger partial charge is 0.408 e. The highest BCUT2D eigenvalue weighted by molar-refractivity contribution is 5.96. The summed E-state index contributed by atoms with van der Waals surface area (Å²) < 4.78 is 5.29. The Balaban J connectivity index is 1.35. The van der Waals surface area contributed by atoms with Crippen LogP contribution in [-0.4, -0.2) is 45.4 Å². The van der Waals surface area contributed by atoms with Crippen LogP contribution in [0, 0.1) is 18.8 Å². The first-order chi connectivity index (χ1) is 20.5. The van der Waals surface area contributed by atoms with Crippen LogP contribution in [0.1, 0.15) is 49.1 Å². The number of phenols is 1. The molecule has 0 bridgehead atoms. The summed E-state index contributed by atoms with van der Waals surface area (Å²) in [5, 5.41) is 25.1. The molecule has 10 heteroatoms. The minimum absolute atomic E-state index is 0.129. The van der Waals surface area contributed by atoms with Crippen molar-refractivity contribution in [3.05, 3.63) is 101 Å². The summed E-state index contributed by atoms with van der Waals surface area (Å²) in [6, 6.07) is 19.8. The normalized spacial score (nSPS) is 11.4. The second kappa shape index (κ2) is 13.4. The van der Waals surface area contributed by atoms with Crippen LogP contribution in [0.3, 0.4) is 0 Å². The number of alkyl carbamates (subject to hydrolysis) is 1. The number of hydrogen-bond donors (Lipinski definition) is 5. The van der Waals surface area contributed by atoms with Crippen LogP contribution in [0.4, 0.5) is 10.5 Å². The Morgan fingerprint density at radius 3 is 2.42 bits per heavy atom. The van der Waals surface area contributed by atoms with E-state index in [4.69, 9.17) is 4.74 Å². The van der Waals surface area contributed by atoms with Crippen LogP contribution in [0.5, 0.6) is 5.75 Å². The van der Waals surface area contributed by atoms with Crippen molar-refractivity contribution in [2.75, 3.05) is 11.9 Å². The molecule has 0 fully saturated rings. The molecule has 1 aromatic heterocycles. The van der Waals surface area contributed by atoms with Gasteiger partial charge in [0.15, 0.2) is 0 Å². The molecule has 0 unspecified atom stereocenters. The molecule has 0 spiro atoms. The van der Waals surface area contributed by atoms with Crippen molar-refractivity contribution in [2.24, 2.45) is 0 Å². The molecule has 0 saturated heterocycles. The molecule has 1 atom stereocenters. The molecule has 0 aliphatic rings. The highest BCUT2D eigenvalue weighted by Crippen LogP contribution is 2.30. The quantitative estimate of drug-likeness (QED) is 0.199. The number of hydrogen-bond acceptors (Lipinski definition) is 6. The average Bonchev–Trinajstić information content (AvgIpc) is 3.43. The Bertz CT molecular complexity index is 1660. The third-order valence-corrected chi connectivity index (χ3v) is 6.05. The molecule has 0 radical (unpaired) electrons. The van der Waals surface area contributed by atoms with Crippen LogP contribution in [0.15, 0.2) is 79.0 Å². The Hall–Kier alpha value is -5.56. The van der Waals surface area contributed by atoms with E-state index in [9.17, 15) is 19.5 Å². The first kappa shape index (κ1) is 30.4. The number of aromatic hydroxyl groups is 1. The van der Waals surface area contributed by atoms with E-state index in [1.807, 2.05) is 19.1 Å². The molecular weight excluding hydrogens is 546 g/mol. The topological polar surface area (TPSA) is 145 Å². The van der Waals surface area contributed by atoms with Crippen LogP contribution in [0.2, 0.25) is 0 Å². The van der Waals surface area contributed by atoms with Gasteiger partial charge in [-0.25, -0.2) is 4.79 Å². The van der Waals surface area contributed by atoms with Gasteiger partial charge in [-0.15, -0.1) is 0 Å². The lowest BCUT2D eigenvalue weighted by Crippen LogP contribution is -2.44. The van der Waals surface area contributed by atoms with E-state index in [-0.39, 0.29) is 12.3 Å². The number of anilines is 1. The number of aromatic nitrogens is 2. The first-order valence-corrected chi connectivity index (χ1v) is 13.6. The van der Waals surface area contributed by atoms with E-state index in [0.717, 1.165) is 5.56 Å². The summed E-state index contributed by atoms with van der Waals surface area (Å²) in [4.78, 5) is 37.9. The minimum Gasteiger partial charge on any atom is -0.507 e. The van der Waals surface area contributed by atoms with Gasteiger partial charge in [0.05, 0.1) is 24.0 Å². The summed E-state index contributed by atoms with van der Waals surface area (Å²) in [6.07, 6.45) is 0.847. The van der Waals surface area contributed by atoms with Gasteiger partial charge in [0.2, 0.25) is 11.8 Å². The molecule has 10 nitrogen and oxygen atoms in total. The standard InChI is InChI=1S/C33H33N5O5/c1-21-10-17-27(39)26(18-21)29-24(19-35-38-29)14-11-22-12-15-25(16-13-22)36-28(40)20-34-31(41)30(23-8-6-5-7-9-23)37-32(42)43-33(2,3)4/h5-10,12-13,15-19,30,39H,20H2,1-4H3,(H,34,41)(H,35,38)(H,36,40)(H,37,42)/t30-/m0/s1. The molecule has 1 heterocycles. The monoisotopic (exact) mass is 579 g/mol. The maximum atomic E-state index is 13.0. The number of aryl methyl sites for hydroxylation is 1. The average molecular weight is 580 g/mol. The van der Waals surface area contributed by atoms with Crippen LogP contribution in [0.25, 0.3) is 11.3 Å². The first-order valence-electron chi connectivity index (χ1n) is 13.6. The Morgan fingerprint density at radius 2 is 1.72 bits per heavy atom. The highest BCUT2D eigenvalue weighted by atomic mass is 16.6. The molecule has 5 N–H and O–H groups in total. The van der Waals surface area contributed by atoms with E-state index < -0.39 is 29.6 Å². The van der Waals surface area contributed by atoms with E-state index >= 15 is 0 Å². The number of aromatic amines is 1. The van der Waals surface area contributed by atoms with Gasteiger partial charge in [-0.3, -0.25) is 14.7 Å².